The Bertz CT molecular complexity index is 1410. The first kappa shape index (κ1) is 22.1. The maximum Gasteiger partial charge on any atom is 0.419 e. The Morgan fingerprint density at radius 2 is 1.88 bits per heavy atom. The van der Waals surface area contributed by atoms with Crippen LogP contribution >= 0.6 is 0 Å². The van der Waals surface area contributed by atoms with E-state index in [1.165, 1.54) is 24.4 Å². The van der Waals surface area contributed by atoms with E-state index in [2.05, 4.69) is 10.3 Å². The van der Waals surface area contributed by atoms with Crippen LogP contribution in [0.15, 0.2) is 42.7 Å². The van der Waals surface area contributed by atoms with Gasteiger partial charge in [0.25, 0.3) is 0 Å². The average molecular weight is 461 g/mol. The molecule has 0 unspecified atom stereocenters. The van der Waals surface area contributed by atoms with Crippen molar-refractivity contribution in [2.45, 2.75) is 19.1 Å². The molecule has 1 amide bonds. The highest BCUT2D eigenvalue weighted by Crippen LogP contribution is 2.41. The van der Waals surface area contributed by atoms with Gasteiger partial charge in [0.05, 0.1) is 46.5 Å². The molecular weight excluding hydrogens is 446 g/mol. The van der Waals surface area contributed by atoms with Crippen LogP contribution in [0.2, 0.25) is 0 Å². The van der Waals surface area contributed by atoms with Gasteiger partial charge in [0, 0.05) is 11.9 Å². The van der Waals surface area contributed by atoms with E-state index in [0.717, 1.165) is 12.3 Å². The Morgan fingerprint density at radius 1 is 1.12 bits per heavy atom. The van der Waals surface area contributed by atoms with Crippen molar-refractivity contribution < 1.29 is 37.4 Å². The predicted molar refractivity (Wildman–Crippen MR) is 110 cm³/mol. The number of nitrogens with one attached hydrogen (secondary N) is 1. The summed E-state index contributed by atoms with van der Waals surface area (Å²) in [6, 6.07) is 5.64. The van der Waals surface area contributed by atoms with Crippen molar-refractivity contribution in [2.24, 2.45) is 0 Å². The quantitative estimate of drug-likeness (QED) is 0.294. The van der Waals surface area contributed by atoms with E-state index in [4.69, 9.17) is 0 Å². The van der Waals surface area contributed by atoms with Crippen LogP contribution in [0, 0.1) is 5.82 Å². The molecule has 0 atom stereocenters. The lowest BCUT2D eigenvalue weighted by Gasteiger charge is -2.13. The molecule has 0 aliphatic heterocycles. The van der Waals surface area contributed by atoms with Crippen molar-refractivity contribution in [1.82, 2.24) is 9.55 Å². The molecule has 33 heavy (non-hydrogen) atoms. The molecule has 2 heterocycles. The molecule has 0 spiro atoms. The van der Waals surface area contributed by atoms with Gasteiger partial charge >= 0.3 is 12.1 Å². The zero-order valence-electron chi connectivity index (χ0n) is 16.7. The van der Waals surface area contributed by atoms with Gasteiger partial charge in [-0.2, -0.15) is 13.2 Å². The average Bonchev–Trinajstić information content (AvgIpc) is 3.05. The van der Waals surface area contributed by atoms with Crippen molar-refractivity contribution in [3.8, 4) is 5.75 Å². The van der Waals surface area contributed by atoms with Crippen molar-refractivity contribution >= 4 is 39.9 Å². The first-order chi connectivity index (χ1) is 15.6. The Kier molecular flexibility index (Phi) is 5.40. The Labute approximate surface area is 182 Å². The van der Waals surface area contributed by atoms with Crippen LogP contribution in [0.5, 0.6) is 5.75 Å². The molecule has 0 bridgehead atoms. The first-order valence-electron chi connectivity index (χ1n) is 9.50. The normalized spacial score (nSPS) is 11.8. The number of carboxylic acid groups (broad SMARTS) is 1. The number of hydrogen-bond donors (Lipinski definition) is 3. The number of rotatable bonds is 6. The van der Waals surface area contributed by atoms with Gasteiger partial charge in [-0.05, 0) is 29.3 Å². The zero-order chi connectivity index (χ0) is 23.9. The van der Waals surface area contributed by atoms with Gasteiger partial charge in [-0.25, -0.2) is 4.39 Å². The number of hydrogen-bond acceptors (Lipinski definition) is 4. The number of pyridine rings is 1. The highest BCUT2D eigenvalue weighted by Gasteiger charge is 2.34. The SMILES string of the molecule is O=CNc1c(CC(=O)O)ccc2c1c1c(O)cncc1n2Cc1ccc(F)c(C(F)(F)F)c1. The molecule has 2 aromatic carbocycles. The summed E-state index contributed by atoms with van der Waals surface area (Å²) in [6.07, 6.45) is -2.41. The van der Waals surface area contributed by atoms with Crippen molar-refractivity contribution in [3.63, 3.8) is 0 Å². The van der Waals surface area contributed by atoms with E-state index in [-0.39, 0.29) is 34.5 Å². The van der Waals surface area contributed by atoms with Crippen molar-refractivity contribution in [1.29, 1.82) is 0 Å². The molecule has 0 aliphatic carbocycles. The molecular formula is C22H15F4N3O4. The summed E-state index contributed by atoms with van der Waals surface area (Å²) in [7, 11) is 0. The summed E-state index contributed by atoms with van der Waals surface area (Å²) in [5.74, 6) is -2.82. The number of nitrogens with zero attached hydrogens (tertiary/aromatic N) is 2. The van der Waals surface area contributed by atoms with E-state index < -0.39 is 29.9 Å². The number of alkyl halides is 3. The molecule has 170 valence electrons. The van der Waals surface area contributed by atoms with Crippen LogP contribution in [0.3, 0.4) is 0 Å². The smallest absolute Gasteiger partial charge is 0.419 e. The van der Waals surface area contributed by atoms with Crippen LogP contribution in [0.1, 0.15) is 16.7 Å². The summed E-state index contributed by atoms with van der Waals surface area (Å²) in [5, 5.41) is 22.7. The molecule has 0 saturated heterocycles. The van der Waals surface area contributed by atoms with Gasteiger partial charge in [0.2, 0.25) is 6.41 Å². The number of benzene rings is 2. The number of anilines is 1. The second-order valence-corrected chi connectivity index (χ2v) is 7.28. The Morgan fingerprint density at radius 3 is 2.55 bits per heavy atom. The standard InChI is InChI=1S/C22H15F4N3O4/c23-14-3-1-11(5-13(14)22(24,25)26)9-29-15-4-2-12(6-18(32)33)21(28-10-30)20(15)19-16(29)7-27-8-17(19)31/h1-5,7-8,10,31H,6,9H2,(H,28,30)(H,32,33). The lowest BCUT2D eigenvalue weighted by molar-refractivity contribution is -0.140. The highest BCUT2D eigenvalue weighted by atomic mass is 19.4. The Balaban J connectivity index is 2.00. The second-order valence-electron chi connectivity index (χ2n) is 7.28. The van der Waals surface area contributed by atoms with Gasteiger partial charge < -0.3 is 20.1 Å². The first-order valence-corrected chi connectivity index (χ1v) is 9.50. The number of aliphatic carboxylic acids is 1. The third kappa shape index (κ3) is 3.93. The number of aromatic nitrogens is 2. The molecule has 2 aromatic heterocycles. The minimum Gasteiger partial charge on any atom is -0.506 e. The maximum atomic E-state index is 13.7. The summed E-state index contributed by atoms with van der Waals surface area (Å²) < 4.78 is 54.8. The van der Waals surface area contributed by atoms with Crippen LogP contribution < -0.4 is 5.32 Å². The molecule has 4 aromatic rings. The molecule has 4 rings (SSSR count). The van der Waals surface area contributed by atoms with Crippen LogP contribution in [0.4, 0.5) is 23.2 Å². The second kappa shape index (κ2) is 8.08. The van der Waals surface area contributed by atoms with Crippen LogP contribution in [-0.4, -0.2) is 32.1 Å². The number of aromatic hydroxyl groups is 1. The number of fused-ring (bicyclic) bond motifs is 3. The number of carboxylic acids is 1. The van der Waals surface area contributed by atoms with Gasteiger partial charge in [-0.15, -0.1) is 0 Å². The summed E-state index contributed by atoms with van der Waals surface area (Å²) >= 11 is 0. The highest BCUT2D eigenvalue weighted by molar-refractivity contribution is 6.18. The largest absolute Gasteiger partial charge is 0.506 e. The van der Waals surface area contributed by atoms with Gasteiger partial charge in [-0.3, -0.25) is 14.6 Å². The van der Waals surface area contributed by atoms with Gasteiger partial charge in [0.1, 0.15) is 11.6 Å². The van der Waals surface area contributed by atoms with E-state index in [0.29, 0.717) is 28.9 Å². The van der Waals surface area contributed by atoms with E-state index in [1.807, 2.05) is 0 Å². The number of carbonyl (C=O) groups excluding carboxylic acids is 1. The number of amides is 1. The molecule has 7 nitrogen and oxygen atoms in total. The lowest BCUT2D eigenvalue weighted by Crippen LogP contribution is -2.10. The van der Waals surface area contributed by atoms with E-state index in [1.54, 1.807) is 4.57 Å². The summed E-state index contributed by atoms with van der Waals surface area (Å²) in [5.41, 5.74) is -0.156. The summed E-state index contributed by atoms with van der Waals surface area (Å²) in [6.45, 7) is -0.146. The van der Waals surface area contributed by atoms with E-state index in [9.17, 15) is 37.4 Å². The molecule has 0 aliphatic rings. The Hall–Kier alpha value is -4.15. The van der Waals surface area contributed by atoms with Crippen molar-refractivity contribution in [3.05, 3.63) is 65.2 Å². The lowest BCUT2D eigenvalue weighted by atomic mass is 10.0. The third-order valence-corrected chi connectivity index (χ3v) is 5.23. The number of carbonyl (C=O) groups is 2. The van der Waals surface area contributed by atoms with Crippen molar-refractivity contribution in [2.75, 3.05) is 5.32 Å². The topological polar surface area (TPSA) is 104 Å². The molecule has 0 fully saturated rings. The summed E-state index contributed by atoms with van der Waals surface area (Å²) in [4.78, 5) is 26.5. The molecule has 3 N–H and O–H groups in total. The van der Waals surface area contributed by atoms with Crippen LogP contribution in [-0.2, 0) is 28.7 Å². The van der Waals surface area contributed by atoms with Gasteiger partial charge in [0.15, 0.2) is 0 Å². The minimum absolute atomic E-state index is 0.130. The van der Waals surface area contributed by atoms with E-state index >= 15 is 0 Å². The fourth-order valence-corrected chi connectivity index (χ4v) is 3.92. The third-order valence-electron chi connectivity index (χ3n) is 5.23. The minimum atomic E-state index is -4.88. The van der Waals surface area contributed by atoms with Crippen LogP contribution in [0.25, 0.3) is 21.8 Å². The molecule has 0 radical (unpaired) electrons. The van der Waals surface area contributed by atoms with Gasteiger partial charge in [-0.1, -0.05) is 12.1 Å². The zero-order valence-corrected chi connectivity index (χ0v) is 16.7. The number of halogens is 4. The molecule has 11 heteroatoms. The fourth-order valence-electron chi connectivity index (χ4n) is 3.92. The maximum absolute atomic E-state index is 13.7. The molecule has 0 saturated carbocycles. The monoisotopic (exact) mass is 461 g/mol. The fraction of sp³-hybridized carbons (Fsp3) is 0.136. The predicted octanol–water partition coefficient (Wildman–Crippen LogP) is 4.30.